The van der Waals surface area contributed by atoms with Crippen LogP contribution < -0.4 is 0 Å². The summed E-state index contributed by atoms with van der Waals surface area (Å²) in [5, 5.41) is 8.58. The average molecular weight is 274 g/mol. The number of hydrogen-bond acceptors (Lipinski definition) is 3. The lowest BCUT2D eigenvalue weighted by Gasteiger charge is -2.60. The topological polar surface area (TPSA) is 46.5 Å². The first-order valence-electron chi connectivity index (χ1n) is 6.98. The molecule has 4 rings (SSSR count). The monoisotopic (exact) mass is 274 g/mol. The van der Waals surface area contributed by atoms with Crippen LogP contribution in [0.5, 0.6) is 0 Å². The zero-order chi connectivity index (χ0) is 13.9. The first kappa shape index (κ1) is 13.3. The predicted octanol–water partition coefficient (Wildman–Crippen LogP) is 2.52. The van der Waals surface area contributed by atoms with Gasteiger partial charge in [0, 0.05) is 0 Å². The van der Waals surface area contributed by atoms with E-state index in [0.717, 1.165) is 19.3 Å². The predicted molar refractivity (Wildman–Crippen MR) is 63.6 cm³/mol. The molecule has 3 nitrogen and oxygen atoms in total. The SMILES string of the molecule is CC12CC3CC(C1)CC(OC(=O)C(F)(F)CO)(C3)C2. The van der Waals surface area contributed by atoms with Gasteiger partial charge in [0.2, 0.25) is 0 Å². The number of esters is 1. The number of rotatable bonds is 3. The summed E-state index contributed by atoms with van der Waals surface area (Å²) in [5.41, 5.74) is -0.562. The molecule has 2 atom stereocenters. The van der Waals surface area contributed by atoms with Crippen LogP contribution in [0.4, 0.5) is 8.78 Å². The van der Waals surface area contributed by atoms with Crippen LogP contribution in [0, 0.1) is 17.3 Å². The van der Waals surface area contributed by atoms with Gasteiger partial charge in [0.1, 0.15) is 12.2 Å². The van der Waals surface area contributed by atoms with Crippen LogP contribution >= 0.6 is 0 Å². The van der Waals surface area contributed by atoms with Crippen molar-refractivity contribution in [1.29, 1.82) is 0 Å². The molecule has 0 saturated heterocycles. The molecule has 5 heteroatoms. The Bertz CT molecular complexity index is 393. The van der Waals surface area contributed by atoms with Crippen LogP contribution in [0.2, 0.25) is 0 Å². The molecule has 1 N–H and O–H groups in total. The van der Waals surface area contributed by atoms with Gasteiger partial charge in [-0.2, -0.15) is 8.78 Å². The summed E-state index contributed by atoms with van der Waals surface area (Å²) in [4.78, 5) is 11.6. The Morgan fingerprint density at radius 3 is 2.37 bits per heavy atom. The molecule has 2 unspecified atom stereocenters. The van der Waals surface area contributed by atoms with Crippen molar-refractivity contribution >= 4 is 5.97 Å². The molecule has 108 valence electrons. The van der Waals surface area contributed by atoms with Gasteiger partial charge >= 0.3 is 11.9 Å². The zero-order valence-electron chi connectivity index (χ0n) is 11.1. The summed E-state index contributed by atoms with van der Waals surface area (Å²) in [5.74, 6) is -4.33. The first-order valence-corrected chi connectivity index (χ1v) is 6.98. The molecule has 4 fully saturated rings. The van der Waals surface area contributed by atoms with E-state index < -0.39 is 24.1 Å². The molecular formula is C14H20F2O3. The number of ether oxygens (including phenoxy) is 1. The number of alkyl halides is 2. The molecule has 0 aromatic heterocycles. The summed E-state index contributed by atoms with van der Waals surface area (Å²) in [6.45, 7) is 0.698. The molecule has 0 heterocycles. The van der Waals surface area contributed by atoms with E-state index in [2.05, 4.69) is 6.92 Å². The normalized spacial score (nSPS) is 44.4. The van der Waals surface area contributed by atoms with Crippen molar-refractivity contribution in [3.8, 4) is 0 Å². The highest BCUT2D eigenvalue weighted by Crippen LogP contribution is 2.62. The maximum absolute atomic E-state index is 13.2. The van der Waals surface area contributed by atoms with E-state index >= 15 is 0 Å². The van der Waals surface area contributed by atoms with Crippen LogP contribution in [0.1, 0.15) is 45.4 Å². The molecule has 4 aliphatic rings. The van der Waals surface area contributed by atoms with Gasteiger partial charge in [0.15, 0.2) is 0 Å². The highest BCUT2D eigenvalue weighted by atomic mass is 19.3. The molecule has 4 bridgehead atoms. The van der Waals surface area contributed by atoms with Crippen LogP contribution in [0.3, 0.4) is 0 Å². The highest BCUT2D eigenvalue weighted by molar-refractivity contribution is 5.78. The molecule has 0 radical (unpaired) electrons. The summed E-state index contributed by atoms with van der Waals surface area (Å²) in [7, 11) is 0. The van der Waals surface area contributed by atoms with Crippen LogP contribution in [-0.2, 0) is 9.53 Å². The van der Waals surface area contributed by atoms with Crippen LogP contribution in [-0.4, -0.2) is 29.2 Å². The lowest BCUT2D eigenvalue weighted by molar-refractivity contribution is -0.222. The Balaban J connectivity index is 1.79. The minimum Gasteiger partial charge on any atom is -0.455 e. The van der Waals surface area contributed by atoms with Gasteiger partial charge in [-0.1, -0.05) is 6.92 Å². The highest BCUT2D eigenvalue weighted by Gasteiger charge is 2.59. The second-order valence-corrected chi connectivity index (χ2v) is 7.21. The first-order chi connectivity index (χ1) is 8.76. The molecule has 0 aliphatic heterocycles. The Kier molecular flexibility index (Phi) is 2.73. The van der Waals surface area contributed by atoms with E-state index in [9.17, 15) is 13.6 Å². The van der Waals surface area contributed by atoms with Crippen molar-refractivity contribution < 1.29 is 23.4 Å². The van der Waals surface area contributed by atoms with E-state index in [1.165, 1.54) is 0 Å². The Labute approximate surface area is 111 Å². The smallest absolute Gasteiger partial charge is 0.380 e. The van der Waals surface area contributed by atoms with Crippen molar-refractivity contribution in [2.45, 2.75) is 57.0 Å². The third-order valence-electron chi connectivity index (χ3n) is 5.11. The number of carbonyl (C=O) groups excluding carboxylic acids is 1. The number of aliphatic hydroxyl groups is 1. The molecule has 0 spiro atoms. The minimum atomic E-state index is -3.77. The lowest BCUT2D eigenvalue weighted by atomic mass is 9.48. The molecule has 0 aromatic rings. The van der Waals surface area contributed by atoms with Gasteiger partial charge in [0.25, 0.3) is 0 Å². The van der Waals surface area contributed by atoms with E-state index in [-0.39, 0.29) is 5.41 Å². The van der Waals surface area contributed by atoms with Crippen molar-refractivity contribution in [3.05, 3.63) is 0 Å². The van der Waals surface area contributed by atoms with Gasteiger partial charge in [-0.3, -0.25) is 0 Å². The van der Waals surface area contributed by atoms with E-state index in [1.54, 1.807) is 0 Å². The third-order valence-corrected chi connectivity index (χ3v) is 5.11. The number of halogens is 2. The molecule has 4 saturated carbocycles. The summed E-state index contributed by atoms with van der Waals surface area (Å²) in [6, 6.07) is 0. The second kappa shape index (κ2) is 3.90. The minimum absolute atomic E-state index is 0.138. The molecule has 4 aliphatic carbocycles. The third kappa shape index (κ3) is 2.16. The molecular weight excluding hydrogens is 254 g/mol. The van der Waals surface area contributed by atoms with Gasteiger partial charge in [-0.15, -0.1) is 0 Å². The van der Waals surface area contributed by atoms with Crippen molar-refractivity contribution in [1.82, 2.24) is 0 Å². The fraction of sp³-hybridized carbons (Fsp3) is 0.929. The van der Waals surface area contributed by atoms with E-state index in [1.807, 2.05) is 0 Å². The van der Waals surface area contributed by atoms with Gasteiger partial charge < -0.3 is 9.84 Å². The average Bonchev–Trinajstić information content (AvgIpc) is 2.24. The second-order valence-electron chi connectivity index (χ2n) is 7.21. The quantitative estimate of drug-likeness (QED) is 0.804. The van der Waals surface area contributed by atoms with E-state index in [4.69, 9.17) is 9.84 Å². The van der Waals surface area contributed by atoms with Crippen molar-refractivity contribution in [3.63, 3.8) is 0 Å². The van der Waals surface area contributed by atoms with Gasteiger partial charge in [-0.05, 0) is 55.8 Å². The van der Waals surface area contributed by atoms with E-state index in [0.29, 0.717) is 31.1 Å². The summed E-state index contributed by atoms with van der Waals surface area (Å²) < 4.78 is 31.6. The number of carbonyl (C=O) groups is 1. The van der Waals surface area contributed by atoms with Crippen molar-refractivity contribution in [2.24, 2.45) is 17.3 Å². The Morgan fingerprint density at radius 2 is 1.89 bits per heavy atom. The lowest BCUT2D eigenvalue weighted by Crippen LogP contribution is -2.57. The standard InChI is InChI=1S/C14H20F2O3/c1-12-3-9-2-10(4-12)6-13(5-9,7-12)19-11(18)14(15,16)8-17/h9-10,17H,2-8H2,1H3. The summed E-state index contributed by atoms with van der Waals surface area (Å²) in [6.07, 6.45) is 5.52. The number of aliphatic hydroxyl groups excluding tert-OH is 1. The largest absolute Gasteiger partial charge is 0.455 e. The van der Waals surface area contributed by atoms with Crippen LogP contribution in [0.15, 0.2) is 0 Å². The molecule has 19 heavy (non-hydrogen) atoms. The Hall–Kier alpha value is -0.710. The zero-order valence-corrected chi connectivity index (χ0v) is 11.1. The van der Waals surface area contributed by atoms with Crippen molar-refractivity contribution in [2.75, 3.05) is 6.61 Å². The Morgan fingerprint density at radius 1 is 1.32 bits per heavy atom. The van der Waals surface area contributed by atoms with Gasteiger partial charge in [0.05, 0.1) is 0 Å². The maximum atomic E-state index is 13.2. The molecule has 0 amide bonds. The number of hydrogen-bond donors (Lipinski definition) is 1. The van der Waals surface area contributed by atoms with Gasteiger partial charge in [-0.25, -0.2) is 4.79 Å². The molecule has 0 aromatic carbocycles. The summed E-state index contributed by atoms with van der Waals surface area (Å²) >= 11 is 0. The van der Waals surface area contributed by atoms with Crippen LogP contribution in [0.25, 0.3) is 0 Å². The fourth-order valence-corrected chi connectivity index (χ4v) is 5.08. The maximum Gasteiger partial charge on any atom is 0.380 e. The fourth-order valence-electron chi connectivity index (χ4n) is 5.08.